The average Bonchev–Trinajstić information content (AvgIpc) is 2.53. The van der Waals surface area contributed by atoms with Crippen molar-refractivity contribution in [1.82, 2.24) is 4.98 Å². The van der Waals surface area contributed by atoms with E-state index in [9.17, 15) is 0 Å². The van der Waals surface area contributed by atoms with Crippen LogP contribution in [0.1, 0.15) is 16.7 Å². The summed E-state index contributed by atoms with van der Waals surface area (Å²) in [5, 5.41) is 11.7. The van der Waals surface area contributed by atoms with Gasteiger partial charge in [-0.1, -0.05) is 17.3 Å². The number of nitrogens with zero attached hydrogens (tertiary/aromatic N) is 2. The van der Waals surface area contributed by atoms with Crippen LogP contribution in [0.5, 0.6) is 11.6 Å². The first-order valence-corrected chi connectivity index (χ1v) is 6.35. The molecule has 0 saturated heterocycles. The fourth-order valence-electron chi connectivity index (χ4n) is 1.85. The van der Waals surface area contributed by atoms with Crippen molar-refractivity contribution in [2.45, 2.75) is 13.5 Å². The average molecular weight is 287 g/mol. The summed E-state index contributed by atoms with van der Waals surface area (Å²) >= 11 is 0. The van der Waals surface area contributed by atoms with E-state index in [1.54, 1.807) is 25.4 Å². The Labute approximate surface area is 122 Å². The number of aryl methyl sites for hydroxylation is 1. The fraction of sp³-hybridized carbons (Fsp3) is 0.200. The molecule has 0 spiro atoms. The molecule has 0 fully saturated rings. The predicted octanol–water partition coefficient (Wildman–Crippen LogP) is 2.07. The number of benzene rings is 1. The summed E-state index contributed by atoms with van der Waals surface area (Å²) < 4.78 is 11.0. The molecule has 2 rings (SSSR count). The van der Waals surface area contributed by atoms with Crippen LogP contribution in [0.4, 0.5) is 0 Å². The van der Waals surface area contributed by atoms with Gasteiger partial charge in [-0.2, -0.15) is 0 Å². The molecule has 1 aromatic heterocycles. The van der Waals surface area contributed by atoms with E-state index < -0.39 is 0 Å². The van der Waals surface area contributed by atoms with Crippen molar-refractivity contribution in [3.63, 3.8) is 0 Å². The molecule has 0 radical (unpaired) electrons. The molecule has 0 saturated carbocycles. The Morgan fingerprint density at radius 1 is 1.38 bits per heavy atom. The van der Waals surface area contributed by atoms with Crippen LogP contribution in [0.3, 0.4) is 0 Å². The largest absolute Gasteiger partial charge is 0.488 e. The summed E-state index contributed by atoms with van der Waals surface area (Å²) in [4.78, 5) is 4.12. The van der Waals surface area contributed by atoms with Crippen LogP contribution in [0, 0.1) is 6.92 Å². The van der Waals surface area contributed by atoms with Gasteiger partial charge in [0.05, 0.1) is 12.7 Å². The molecule has 0 atom stereocenters. The molecule has 0 aliphatic carbocycles. The van der Waals surface area contributed by atoms with Gasteiger partial charge in [0.1, 0.15) is 12.4 Å². The van der Waals surface area contributed by atoms with Crippen LogP contribution in [0.25, 0.3) is 0 Å². The Bertz CT molecular complexity index is 656. The van der Waals surface area contributed by atoms with Crippen molar-refractivity contribution in [3.05, 3.63) is 53.2 Å². The minimum Gasteiger partial charge on any atom is -0.488 e. The zero-order valence-corrected chi connectivity index (χ0v) is 11.9. The fourth-order valence-corrected chi connectivity index (χ4v) is 1.85. The van der Waals surface area contributed by atoms with Gasteiger partial charge < -0.3 is 20.4 Å². The third kappa shape index (κ3) is 3.42. The monoisotopic (exact) mass is 287 g/mol. The molecule has 0 unspecified atom stereocenters. The van der Waals surface area contributed by atoms with E-state index in [1.807, 2.05) is 25.1 Å². The Hall–Kier alpha value is -2.76. The van der Waals surface area contributed by atoms with Gasteiger partial charge in [-0.25, -0.2) is 4.98 Å². The SMILES string of the molecule is COc1ncccc1COc1cc(/C(N)=N/O)ccc1C. The maximum Gasteiger partial charge on any atom is 0.219 e. The zero-order valence-electron chi connectivity index (χ0n) is 11.9. The molecule has 1 heterocycles. The Morgan fingerprint density at radius 3 is 2.90 bits per heavy atom. The predicted molar refractivity (Wildman–Crippen MR) is 78.8 cm³/mol. The van der Waals surface area contributed by atoms with E-state index >= 15 is 0 Å². The molecule has 6 heteroatoms. The van der Waals surface area contributed by atoms with Gasteiger partial charge in [0.15, 0.2) is 5.84 Å². The third-order valence-electron chi connectivity index (χ3n) is 3.02. The van der Waals surface area contributed by atoms with Crippen LogP contribution < -0.4 is 15.2 Å². The van der Waals surface area contributed by atoms with E-state index in [0.29, 0.717) is 23.8 Å². The van der Waals surface area contributed by atoms with Gasteiger partial charge in [0.25, 0.3) is 0 Å². The molecule has 0 amide bonds. The topological polar surface area (TPSA) is 90.0 Å². The number of ether oxygens (including phenoxy) is 2. The Kier molecular flexibility index (Phi) is 4.61. The number of methoxy groups -OCH3 is 1. The van der Waals surface area contributed by atoms with Crippen molar-refractivity contribution >= 4 is 5.84 Å². The van der Waals surface area contributed by atoms with Gasteiger partial charge in [-0.3, -0.25) is 0 Å². The lowest BCUT2D eigenvalue weighted by atomic mass is 10.1. The van der Waals surface area contributed by atoms with Crippen molar-refractivity contribution in [2.24, 2.45) is 10.9 Å². The lowest BCUT2D eigenvalue weighted by molar-refractivity contribution is 0.292. The van der Waals surface area contributed by atoms with Gasteiger partial charge >= 0.3 is 0 Å². The highest BCUT2D eigenvalue weighted by Gasteiger charge is 2.08. The van der Waals surface area contributed by atoms with Gasteiger partial charge in [0.2, 0.25) is 5.88 Å². The molecular formula is C15H17N3O3. The number of oxime groups is 1. The van der Waals surface area contributed by atoms with E-state index in [4.69, 9.17) is 20.4 Å². The van der Waals surface area contributed by atoms with Gasteiger partial charge in [0, 0.05) is 11.8 Å². The first-order valence-electron chi connectivity index (χ1n) is 6.35. The van der Waals surface area contributed by atoms with Crippen molar-refractivity contribution < 1.29 is 14.7 Å². The summed E-state index contributed by atoms with van der Waals surface area (Å²) in [6.45, 7) is 2.24. The summed E-state index contributed by atoms with van der Waals surface area (Å²) in [5.74, 6) is 1.23. The molecule has 21 heavy (non-hydrogen) atoms. The van der Waals surface area contributed by atoms with Crippen LogP contribution in [0.2, 0.25) is 0 Å². The van der Waals surface area contributed by atoms with E-state index in [-0.39, 0.29) is 5.84 Å². The quantitative estimate of drug-likeness (QED) is 0.380. The smallest absolute Gasteiger partial charge is 0.219 e. The maximum absolute atomic E-state index is 8.72. The number of aromatic nitrogens is 1. The number of amidine groups is 1. The highest BCUT2D eigenvalue weighted by molar-refractivity contribution is 5.97. The van der Waals surface area contributed by atoms with Crippen LogP contribution in [0.15, 0.2) is 41.7 Å². The summed E-state index contributed by atoms with van der Waals surface area (Å²) in [7, 11) is 1.57. The Balaban J connectivity index is 2.20. The molecule has 0 bridgehead atoms. The summed E-state index contributed by atoms with van der Waals surface area (Å²) in [6.07, 6.45) is 1.66. The molecule has 0 aliphatic heterocycles. The summed E-state index contributed by atoms with van der Waals surface area (Å²) in [6, 6.07) is 9.05. The van der Waals surface area contributed by atoms with E-state index in [2.05, 4.69) is 10.1 Å². The second-order valence-electron chi connectivity index (χ2n) is 4.43. The second-order valence-corrected chi connectivity index (χ2v) is 4.43. The van der Waals surface area contributed by atoms with Crippen LogP contribution in [-0.4, -0.2) is 23.1 Å². The minimum atomic E-state index is 0.0406. The summed E-state index contributed by atoms with van der Waals surface area (Å²) in [5.41, 5.74) is 7.97. The standard InChI is InChI=1S/C15H17N3O3/c1-10-5-6-11(14(16)18-19)8-13(10)21-9-12-4-3-7-17-15(12)20-2/h3-8,19H,9H2,1-2H3,(H2,16,18). The van der Waals surface area contributed by atoms with Gasteiger partial charge in [-0.15, -0.1) is 0 Å². The van der Waals surface area contributed by atoms with E-state index in [0.717, 1.165) is 11.1 Å². The zero-order chi connectivity index (χ0) is 15.2. The molecule has 110 valence electrons. The highest BCUT2D eigenvalue weighted by atomic mass is 16.5. The molecule has 1 aromatic carbocycles. The second kappa shape index (κ2) is 6.60. The lowest BCUT2D eigenvalue weighted by Gasteiger charge is -2.12. The number of hydrogen-bond donors (Lipinski definition) is 2. The molecular weight excluding hydrogens is 270 g/mol. The minimum absolute atomic E-state index is 0.0406. The lowest BCUT2D eigenvalue weighted by Crippen LogP contribution is -2.13. The van der Waals surface area contributed by atoms with Crippen molar-refractivity contribution in [1.29, 1.82) is 0 Å². The Morgan fingerprint density at radius 2 is 2.19 bits per heavy atom. The van der Waals surface area contributed by atoms with E-state index in [1.165, 1.54) is 0 Å². The number of nitrogens with two attached hydrogens (primary N) is 1. The highest BCUT2D eigenvalue weighted by Crippen LogP contribution is 2.22. The normalized spacial score (nSPS) is 11.2. The number of hydrogen-bond acceptors (Lipinski definition) is 5. The van der Waals surface area contributed by atoms with Crippen molar-refractivity contribution in [2.75, 3.05) is 7.11 Å². The molecule has 0 aliphatic rings. The number of pyridine rings is 1. The first-order chi connectivity index (χ1) is 10.2. The maximum atomic E-state index is 8.72. The molecule has 6 nitrogen and oxygen atoms in total. The van der Waals surface area contributed by atoms with Crippen LogP contribution in [-0.2, 0) is 6.61 Å². The molecule has 2 aromatic rings. The number of rotatable bonds is 5. The van der Waals surface area contributed by atoms with Gasteiger partial charge in [-0.05, 0) is 30.7 Å². The third-order valence-corrected chi connectivity index (χ3v) is 3.02. The first kappa shape index (κ1) is 14.6. The van der Waals surface area contributed by atoms with Crippen molar-refractivity contribution in [3.8, 4) is 11.6 Å². The van der Waals surface area contributed by atoms with Crippen LogP contribution >= 0.6 is 0 Å². The molecule has 3 N–H and O–H groups in total.